The molecule has 4 nitrogen and oxygen atoms in total. The fourth-order valence-corrected chi connectivity index (χ4v) is 1.71. The van der Waals surface area contributed by atoms with Crippen molar-refractivity contribution in [1.82, 2.24) is 9.78 Å². The van der Waals surface area contributed by atoms with Gasteiger partial charge in [-0.1, -0.05) is 12.2 Å². The van der Waals surface area contributed by atoms with Crippen LogP contribution >= 0.6 is 12.2 Å². The Balaban J connectivity index is 2.05. The van der Waals surface area contributed by atoms with E-state index >= 15 is 0 Å². The first-order valence-electron chi connectivity index (χ1n) is 5.83. The summed E-state index contributed by atoms with van der Waals surface area (Å²) in [6.45, 7) is 3.05. The Labute approximate surface area is 116 Å². The molecule has 0 bridgehead atoms. The molecule has 0 radical (unpaired) electrons. The van der Waals surface area contributed by atoms with Gasteiger partial charge in [-0.05, 0) is 25.1 Å². The van der Waals surface area contributed by atoms with E-state index in [1.165, 1.54) is 12.1 Å². The average molecular weight is 279 g/mol. The van der Waals surface area contributed by atoms with Gasteiger partial charge in [-0.2, -0.15) is 5.10 Å². The van der Waals surface area contributed by atoms with Crippen LogP contribution in [0.25, 0.3) is 0 Å². The number of nitrogens with zero attached hydrogens (tertiary/aromatic N) is 2. The van der Waals surface area contributed by atoms with E-state index in [4.69, 9.17) is 22.7 Å². The van der Waals surface area contributed by atoms with Gasteiger partial charge in [0, 0.05) is 23.9 Å². The second kappa shape index (κ2) is 5.79. The summed E-state index contributed by atoms with van der Waals surface area (Å²) in [4.78, 5) is 0.162. The van der Waals surface area contributed by atoms with Crippen molar-refractivity contribution in [2.24, 2.45) is 5.73 Å². The van der Waals surface area contributed by atoms with E-state index in [0.29, 0.717) is 5.56 Å². The molecule has 2 N–H and O–H groups in total. The minimum absolute atomic E-state index is 0.162. The Hall–Kier alpha value is -1.95. The van der Waals surface area contributed by atoms with E-state index in [1.54, 1.807) is 16.9 Å². The maximum absolute atomic E-state index is 13.7. The number of nitrogens with two attached hydrogens (primary N) is 1. The molecule has 0 aliphatic heterocycles. The molecule has 0 spiro atoms. The van der Waals surface area contributed by atoms with Crippen LogP contribution in [0.1, 0.15) is 18.1 Å². The Morgan fingerprint density at radius 2 is 2.32 bits per heavy atom. The number of ether oxygens (including phenoxy) is 1. The van der Waals surface area contributed by atoms with Crippen LogP contribution in [0.3, 0.4) is 0 Å². The lowest BCUT2D eigenvalue weighted by molar-refractivity contribution is 0.290. The quantitative estimate of drug-likeness (QED) is 0.853. The van der Waals surface area contributed by atoms with Crippen LogP contribution in [0.2, 0.25) is 0 Å². The van der Waals surface area contributed by atoms with Crippen molar-refractivity contribution in [3.8, 4) is 5.75 Å². The highest BCUT2D eigenvalue weighted by molar-refractivity contribution is 7.80. The summed E-state index contributed by atoms with van der Waals surface area (Å²) in [6, 6.07) is 4.43. The standard InChI is InChI=1S/C13H14FN3OS/c1-2-17-7-9(6-16-17)8-18-12-4-3-10(13(15)19)5-11(12)14/h3-7H,2,8H2,1H3,(H2,15,19). The molecule has 6 heteroatoms. The normalized spacial score (nSPS) is 10.4. The molecule has 100 valence electrons. The molecule has 19 heavy (non-hydrogen) atoms. The average Bonchev–Trinajstić information content (AvgIpc) is 2.85. The van der Waals surface area contributed by atoms with E-state index in [9.17, 15) is 4.39 Å². The van der Waals surface area contributed by atoms with E-state index in [2.05, 4.69) is 5.10 Å². The van der Waals surface area contributed by atoms with Crippen LogP contribution in [-0.4, -0.2) is 14.8 Å². The third-order valence-corrected chi connectivity index (χ3v) is 2.86. The third kappa shape index (κ3) is 3.29. The highest BCUT2D eigenvalue weighted by atomic mass is 32.1. The molecule has 1 aromatic heterocycles. The number of hydrogen-bond donors (Lipinski definition) is 1. The molecule has 0 aliphatic rings. The van der Waals surface area contributed by atoms with Gasteiger partial charge in [0.15, 0.2) is 11.6 Å². The van der Waals surface area contributed by atoms with Gasteiger partial charge >= 0.3 is 0 Å². The lowest BCUT2D eigenvalue weighted by atomic mass is 10.2. The van der Waals surface area contributed by atoms with Gasteiger partial charge in [0.1, 0.15) is 11.6 Å². The predicted molar refractivity (Wildman–Crippen MR) is 74.5 cm³/mol. The van der Waals surface area contributed by atoms with Crippen LogP contribution in [-0.2, 0) is 13.2 Å². The monoisotopic (exact) mass is 279 g/mol. The summed E-state index contributed by atoms with van der Waals surface area (Å²) < 4.78 is 20.9. The van der Waals surface area contributed by atoms with Crippen LogP contribution in [0, 0.1) is 5.82 Å². The highest BCUT2D eigenvalue weighted by Gasteiger charge is 2.07. The van der Waals surface area contributed by atoms with Gasteiger partial charge < -0.3 is 10.5 Å². The fourth-order valence-electron chi connectivity index (χ4n) is 1.59. The SMILES string of the molecule is CCn1cc(COc2ccc(C(N)=S)cc2F)cn1. The lowest BCUT2D eigenvalue weighted by Crippen LogP contribution is -2.09. The first-order chi connectivity index (χ1) is 9.10. The summed E-state index contributed by atoms with van der Waals surface area (Å²) >= 11 is 4.78. The van der Waals surface area contributed by atoms with Crippen LogP contribution in [0.4, 0.5) is 4.39 Å². The zero-order valence-electron chi connectivity index (χ0n) is 10.5. The van der Waals surface area contributed by atoms with Crippen molar-refractivity contribution in [1.29, 1.82) is 0 Å². The molecule has 0 atom stereocenters. The molecular weight excluding hydrogens is 265 g/mol. The number of aryl methyl sites for hydroxylation is 1. The summed E-state index contributed by atoms with van der Waals surface area (Å²) in [5.41, 5.74) is 6.80. The maximum Gasteiger partial charge on any atom is 0.165 e. The van der Waals surface area contributed by atoms with E-state index in [0.717, 1.165) is 12.1 Å². The molecule has 0 amide bonds. The van der Waals surface area contributed by atoms with Crippen molar-refractivity contribution >= 4 is 17.2 Å². The Morgan fingerprint density at radius 3 is 2.89 bits per heavy atom. The zero-order valence-corrected chi connectivity index (χ0v) is 11.3. The first-order valence-corrected chi connectivity index (χ1v) is 6.24. The van der Waals surface area contributed by atoms with E-state index in [1.807, 2.05) is 13.1 Å². The molecule has 2 aromatic rings. The molecular formula is C13H14FN3OS. The number of thiocarbonyl (C=S) groups is 1. The van der Waals surface area contributed by atoms with Crippen molar-refractivity contribution < 1.29 is 9.13 Å². The number of halogens is 1. The van der Waals surface area contributed by atoms with Gasteiger partial charge in [-0.15, -0.1) is 0 Å². The van der Waals surface area contributed by atoms with Gasteiger partial charge in [-0.3, -0.25) is 4.68 Å². The molecule has 2 rings (SSSR count). The Bertz CT molecular complexity index is 597. The summed E-state index contributed by atoms with van der Waals surface area (Å²) in [7, 11) is 0. The Kier molecular flexibility index (Phi) is 4.11. The molecule has 1 aromatic carbocycles. The van der Waals surface area contributed by atoms with E-state index < -0.39 is 5.82 Å². The summed E-state index contributed by atoms with van der Waals surface area (Å²) in [5.74, 6) is -0.308. The number of hydrogen-bond acceptors (Lipinski definition) is 3. The van der Waals surface area contributed by atoms with Gasteiger partial charge in [-0.25, -0.2) is 4.39 Å². The summed E-state index contributed by atoms with van der Waals surface area (Å²) in [6.07, 6.45) is 3.56. The summed E-state index contributed by atoms with van der Waals surface area (Å²) in [5, 5.41) is 4.12. The number of aromatic nitrogens is 2. The van der Waals surface area contributed by atoms with Crippen LogP contribution in [0.15, 0.2) is 30.6 Å². The van der Waals surface area contributed by atoms with Crippen molar-refractivity contribution in [3.05, 3.63) is 47.5 Å². The minimum atomic E-state index is -0.479. The van der Waals surface area contributed by atoms with Crippen LogP contribution in [0.5, 0.6) is 5.75 Å². The topological polar surface area (TPSA) is 53.1 Å². The van der Waals surface area contributed by atoms with Gasteiger partial charge in [0.25, 0.3) is 0 Å². The fraction of sp³-hybridized carbons (Fsp3) is 0.231. The molecule has 1 heterocycles. The van der Waals surface area contributed by atoms with E-state index in [-0.39, 0.29) is 17.3 Å². The Morgan fingerprint density at radius 1 is 1.53 bits per heavy atom. The second-order valence-electron chi connectivity index (χ2n) is 4.00. The second-order valence-corrected chi connectivity index (χ2v) is 4.44. The van der Waals surface area contributed by atoms with Gasteiger partial charge in [0.2, 0.25) is 0 Å². The first kappa shape index (κ1) is 13.5. The van der Waals surface area contributed by atoms with Gasteiger partial charge in [0.05, 0.1) is 6.20 Å². The number of benzene rings is 1. The largest absolute Gasteiger partial charge is 0.486 e. The lowest BCUT2D eigenvalue weighted by Gasteiger charge is -2.07. The molecule has 0 saturated heterocycles. The minimum Gasteiger partial charge on any atom is -0.486 e. The molecule has 0 saturated carbocycles. The molecule has 0 unspecified atom stereocenters. The van der Waals surface area contributed by atoms with Crippen molar-refractivity contribution in [2.75, 3.05) is 0 Å². The smallest absolute Gasteiger partial charge is 0.165 e. The third-order valence-electron chi connectivity index (χ3n) is 2.62. The molecule has 0 fully saturated rings. The highest BCUT2D eigenvalue weighted by Crippen LogP contribution is 2.19. The maximum atomic E-state index is 13.7. The number of rotatable bonds is 5. The van der Waals surface area contributed by atoms with Crippen molar-refractivity contribution in [2.45, 2.75) is 20.1 Å². The van der Waals surface area contributed by atoms with Crippen molar-refractivity contribution in [3.63, 3.8) is 0 Å². The van der Waals surface area contributed by atoms with Crippen LogP contribution < -0.4 is 10.5 Å². The zero-order chi connectivity index (χ0) is 13.8. The molecule has 0 aliphatic carbocycles. The predicted octanol–water partition coefficient (Wildman–Crippen LogP) is 2.26.